The molecule has 1 rings (SSSR count). The summed E-state index contributed by atoms with van der Waals surface area (Å²) in [4.78, 5) is 10.8. The van der Waals surface area contributed by atoms with Gasteiger partial charge in [-0.2, -0.15) is 0 Å². The summed E-state index contributed by atoms with van der Waals surface area (Å²) < 4.78 is 18.7. The summed E-state index contributed by atoms with van der Waals surface area (Å²) in [6, 6.07) is 3.23. The molecule has 1 N–H and O–H groups in total. The number of methoxy groups -OCH3 is 1. The van der Waals surface area contributed by atoms with Crippen LogP contribution in [0.1, 0.15) is 25.0 Å². The average molecular weight is 240 g/mol. The van der Waals surface area contributed by atoms with Crippen molar-refractivity contribution in [1.82, 2.24) is 0 Å². The maximum atomic E-state index is 13.7. The molecule has 0 aliphatic rings. The van der Waals surface area contributed by atoms with Crippen molar-refractivity contribution in [2.75, 3.05) is 7.11 Å². The van der Waals surface area contributed by atoms with Gasteiger partial charge >= 0.3 is 5.97 Å². The summed E-state index contributed by atoms with van der Waals surface area (Å²) in [6.45, 7) is 3.52. The first kappa shape index (κ1) is 13.5. The van der Waals surface area contributed by atoms with Gasteiger partial charge in [0.15, 0.2) is 11.6 Å². The largest absolute Gasteiger partial charge is 0.493 e. The third-order valence-corrected chi connectivity index (χ3v) is 2.74. The Morgan fingerprint density at radius 1 is 1.53 bits per heavy atom. The zero-order valence-corrected chi connectivity index (χ0v) is 10.3. The van der Waals surface area contributed by atoms with E-state index >= 15 is 0 Å². The predicted molar refractivity (Wildman–Crippen MR) is 62.8 cm³/mol. The molecule has 0 radical (unpaired) electrons. The lowest BCUT2D eigenvalue weighted by molar-refractivity contribution is -0.141. The van der Waals surface area contributed by atoms with Crippen molar-refractivity contribution in [2.24, 2.45) is 5.92 Å². The highest BCUT2D eigenvalue weighted by atomic mass is 19.1. The number of rotatable bonds is 5. The SMILES string of the molecule is CCc1cc(F)c(OC)c(CC(C)C(=O)O)c1. The van der Waals surface area contributed by atoms with Crippen LogP contribution < -0.4 is 4.74 Å². The Labute approximate surface area is 100 Å². The second-order valence-electron chi connectivity index (χ2n) is 4.07. The minimum Gasteiger partial charge on any atom is -0.493 e. The Kier molecular flexibility index (Phi) is 4.49. The normalized spacial score (nSPS) is 12.2. The maximum absolute atomic E-state index is 13.7. The van der Waals surface area contributed by atoms with Crippen molar-refractivity contribution in [2.45, 2.75) is 26.7 Å². The molecule has 0 bridgehead atoms. The van der Waals surface area contributed by atoms with Crippen LogP contribution in [0.5, 0.6) is 5.75 Å². The molecule has 1 atom stereocenters. The van der Waals surface area contributed by atoms with Gasteiger partial charge in [-0.25, -0.2) is 4.39 Å². The standard InChI is InChI=1S/C13H17FO3/c1-4-9-6-10(5-8(2)13(15)16)12(17-3)11(14)7-9/h6-8H,4-5H2,1-3H3,(H,15,16). The van der Waals surface area contributed by atoms with E-state index in [1.807, 2.05) is 6.92 Å². The molecule has 3 nitrogen and oxygen atoms in total. The van der Waals surface area contributed by atoms with Crippen LogP contribution in [-0.4, -0.2) is 18.2 Å². The summed E-state index contributed by atoms with van der Waals surface area (Å²) >= 11 is 0. The number of halogens is 1. The minimum absolute atomic E-state index is 0.148. The summed E-state index contributed by atoms with van der Waals surface area (Å²) in [7, 11) is 1.39. The van der Waals surface area contributed by atoms with Gasteiger partial charge in [-0.3, -0.25) is 4.79 Å². The Morgan fingerprint density at radius 2 is 2.18 bits per heavy atom. The zero-order valence-electron chi connectivity index (χ0n) is 10.3. The number of aryl methyl sites for hydroxylation is 1. The fraction of sp³-hybridized carbons (Fsp3) is 0.462. The topological polar surface area (TPSA) is 46.5 Å². The molecule has 94 valence electrons. The van der Waals surface area contributed by atoms with Crippen LogP contribution in [0.25, 0.3) is 0 Å². The highest BCUT2D eigenvalue weighted by molar-refractivity contribution is 5.70. The molecular weight excluding hydrogens is 223 g/mol. The summed E-state index contributed by atoms with van der Waals surface area (Å²) in [5, 5.41) is 8.87. The van der Waals surface area contributed by atoms with Crippen molar-refractivity contribution in [3.05, 3.63) is 29.1 Å². The summed E-state index contributed by atoms with van der Waals surface area (Å²) in [5.74, 6) is -1.74. The third kappa shape index (κ3) is 3.19. The van der Waals surface area contributed by atoms with Crippen molar-refractivity contribution in [3.63, 3.8) is 0 Å². The lowest BCUT2D eigenvalue weighted by Crippen LogP contribution is -2.13. The molecule has 1 aromatic carbocycles. The monoisotopic (exact) mass is 240 g/mol. The van der Waals surface area contributed by atoms with E-state index in [1.54, 1.807) is 13.0 Å². The number of hydrogen-bond acceptors (Lipinski definition) is 2. The highest BCUT2D eigenvalue weighted by Gasteiger charge is 2.17. The molecule has 4 heteroatoms. The van der Waals surface area contributed by atoms with Crippen LogP contribution in [-0.2, 0) is 17.6 Å². The van der Waals surface area contributed by atoms with Crippen molar-refractivity contribution in [3.8, 4) is 5.75 Å². The van der Waals surface area contributed by atoms with Crippen LogP contribution in [0, 0.1) is 11.7 Å². The zero-order chi connectivity index (χ0) is 13.0. The van der Waals surface area contributed by atoms with Crippen LogP contribution in [0.2, 0.25) is 0 Å². The summed E-state index contributed by atoms with van der Waals surface area (Å²) in [6.07, 6.45) is 0.971. The molecule has 0 heterocycles. The smallest absolute Gasteiger partial charge is 0.306 e. The van der Waals surface area contributed by atoms with Crippen LogP contribution in [0.4, 0.5) is 4.39 Å². The van der Waals surface area contributed by atoms with E-state index in [9.17, 15) is 9.18 Å². The van der Waals surface area contributed by atoms with Gasteiger partial charge in [-0.05, 0) is 30.0 Å². The van der Waals surface area contributed by atoms with Crippen LogP contribution >= 0.6 is 0 Å². The van der Waals surface area contributed by atoms with Gasteiger partial charge in [0.2, 0.25) is 0 Å². The lowest BCUT2D eigenvalue weighted by atomic mass is 9.97. The first-order chi connectivity index (χ1) is 7.99. The fourth-order valence-corrected chi connectivity index (χ4v) is 1.71. The Hall–Kier alpha value is -1.58. The van der Waals surface area contributed by atoms with Crippen molar-refractivity contribution >= 4 is 5.97 Å². The van der Waals surface area contributed by atoms with Gasteiger partial charge in [0.05, 0.1) is 13.0 Å². The number of carbonyl (C=O) groups is 1. The molecule has 1 unspecified atom stereocenters. The second kappa shape index (κ2) is 5.66. The second-order valence-corrected chi connectivity index (χ2v) is 4.07. The van der Waals surface area contributed by atoms with E-state index in [4.69, 9.17) is 9.84 Å². The van der Waals surface area contributed by atoms with E-state index in [0.717, 1.165) is 5.56 Å². The van der Waals surface area contributed by atoms with Crippen LogP contribution in [0.15, 0.2) is 12.1 Å². The maximum Gasteiger partial charge on any atom is 0.306 e. The molecule has 0 saturated heterocycles. The van der Waals surface area contributed by atoms with Crippen molar-refractivity contribution in [1.29, 1.82) is 0 Å². The lowest BCUT2D eigenvalue weighted by Gasteiger charge is -2.13. The number of hydrogen-bond donors (Lipinski definition) is 1. The first-order valence-electron chi connectivity index (χ1n) is 5.57. The summed E-state index contributed by atoms with van der Waals surface area (Å²) in [5.41, 5.74) is 1.45. The van der Waals surface area contributed by atoms with Crippen LogP contribution in [0.3, 0.4) is 0 Å². The van der Waals surface area contributed by atoms with E-state index in [-0.39, 0.29) is 12.2 Å². The quantitative estimate of drug-likeness (QED) is 0.860. The molecule has 0 saturated carbocycles. The minimum atomic E-state index is -0.894. The van der Waals surface area contributed by atoms with Crippen molar-refractivity contribution < 1.29 is 19.0 Å². The number of ether oxygens (including phenoxy) is 1. The number of carboxylic acid groups (broad SMARTS) is 1. The molecule has 17 heavy (non-hydrogen) atoms. The Balaban J connectivity index is 3.11. The molecule has 0 fully saturated rings. The molecule has 0 aliphatic carbocycles. The molecule has 1 aromatic rings. The first-order valence-corrected chi connectivity index (χ1v) is 5.57. The molecule has 0 amide bonds. The number of benzene rings is 1. The van der Waals surface area contributed by atoms with Gasteiger partial charge in [0.25, 0.3) is 0 Å². The van der Waals surface area contributed by atoms with Gasteiger partial charge in [0.1, 0.15) is 0 Å². The van der Waals surface area contributed by atoms with E-state index in [0.29, 0.717) is 12.0 Å². The third-order valence-electron chi connectivity index (χ3n) is 2.74. The average Bonchev–Trinajstić information content (AvgIpc) is 2.28. The number of aliphatic carboxylic acids is 1. The Morgan fingerprint density at radius 3 is 2.65 bits per heavy atom. The van der Waals surface area contributed by atoms with E-state index in [1.165, 1.54) is 13.2 Å². The van der Waals surface area contributed by atoms with Gasteiger partial charge in [-0.1, -0.05) is 19.9 Å². The Bertz CT molecular complexity index is 415. The van der Waals surface area contributed by atoms with Gasteiger partial charge < -0.3 is 9.84 Å². The number of carboxylic acids is 1. The molecular formula is C13H17FO3. The fourth-order valence-electron chi connectivity index (χ4n) is 1.71. The molecule has 0 aliphatic heterocycles. The highest BCUT2D eigenvalue weighted by Crippen LogP contribution is 2.27. The van der Waals surface area contributed by atoms with E-state index in [2.05, 4.69) is 0 Å². The van der Waals surface area contributed by atoms with E-state index < -0.39 is 17.7 Å². The molecule has 0 aromatic heterocycles. The predicted octanol–water partition coefficient (Wildman–Crippen LogP) is 2.66. The molecule has 0 spiro atoms. The van der Waals surface area contributed by atoms with Gasteiger partial charge in [0, 0.05) is 0 Å². The van der Waals surface area contributed by atoms with Gasteiger partial charge in [-0.15, -0.1) is 0 Å².